The summed E-state index contributed by atoms with van der Waals surface area (Å²) in [6.45, 7) is 3.93. The van der Waals surface area contributed by atoms with E-state index in [0.717, 1.165) is 37.4 Å². The van der Waals surface area contributed by atoms with Gasteiger partial charge in [-0.15, -0.1) is 0 Å². The molecule has 1 atom stereocenters. The van der Waals surface area contributed by atoms with Gasteiger partial charge >= 0.3 is 0 Å². The lowest BCUT2D eigenvalue weighted by molar-refractivity contribution is 0.354. The van der Waals surface area contributed by atoms with Crippen LogP contribution in [0, 0.1) is 0 Å². The molecule has 18 heavy (non-hydrogen) atoms. The third-order valence-electron chi connectivity index (χ3n) is 2.81. The van der Waals surface area contributed by atoms with Gasteiger partial charge in [0, 0.05) is 6.04 Å². The molecule has 0 radical (unpaired) electrons. The van der Waals surface area contributed by atoms with Gasteiger partial charge in [-0.3, -0.25) is 0 Å². The van der Waals surface area contributed by atoms with Crippen LogP contribution in [0.25, 0.3) is 0 Å². The molecule has 0 aliphatic heterocycles. The maximum atomic E-state index is 5.69. The Hall–Kier alpha value is -1.26. The summed E-state index contributed by atoms with van der Waals surface area (Å²) < 4.78 is 10.5. The van der Waals surface area contributed by atoms with Gasteiger partial charge in [-0.05, 0) is 50.6 Å². The third-order valence-corrected chi connectivity index (χ3v) is 2.81. The lowest BCUT2D eigenvalue weighted by Crippen LogP contribution is -2.25. The number of methoxy groups -OCH3 is 2. The van der Waals surface area contributed by atoms with E-state index in [2.05, 4.69) is 11.4 Å². The fraction of sp³-hybridized carbons (Fsp3) is 0.571. The van der Waals surface area contributed by atoms with Gasteiger partial charge in [-0.2, -0.15) is 0 Å². The van der Waals surface area contributed by atoms with Crippen molar-refractivity contribution in [3.8, 4) is 11.5 Å². The summed E-state index contributed by atoms with van der Waals surface area (Å²) in [5, 5.41) is 3.38. The van der Waals surface area contributed by atoms with Gasteiger partial charge in [0.05, 0.1) is 14.2 Å². The molecule has 102 valence electrons. The van der Waals surface area contributed by atoms with Crippen molar-refractivity contribution in [1.29, 1.82) is 0 Å². The molecule has 0 aromatic heterocycles. The minimum absolute atomic E-state index is 0.263. The molecule has 0 aliphatic carbocycles. The van der Waals surface area contributed by atoms with Crippen molar-refractivity contribution in [3.63, 3.8) is 0 Å². The van der Waals surface area contributed by atoms with Crippen LogP contribution in [0.1, 0.15) is 18.9 Å². The van der Waals surface area contributed by atoms with Crippen LogP contribution in [-0.4, -0.2) is 33.4 Å². The van der Waals surface area contributed by atoms with Crippen molar-refractivity contribution in [3.05, 3.63) is 23.8 Å². The number of hydrogen-bond acceptors (Lipinski definition) is 4. The van der Waals surface area contributed by atoms with Gasteiger partial charge in [-0.1, -0.05) is 6.07 Å². The maximum absolute atomic E-state index is 5.69. The van der Waals surface area contributed by atoms with E-state index in [1.807, 2.05) is 19.1 Å². The van der Waals surface area contributed by atoms with Crippen LogP contribution >= 0.6 is 0 Å². The average molecular weight is 252 g/mol. The molecule has 1 aromatic carbocycles. The summed E-state index contributed by atoms with van der Waals surface area (Å²) in [4.78, 5) is 0. The Balaban J connectivity index is 2.38. The van der Waals surface area contributed by atoms with Crippen molar-refractivity contribution >= 4 is 0 Å². The molecule has 0 bridgehead atoms. The highest BCUT2D eigenvalue weighted by Crippen LogP contribution is 2.27. The molecule has 3 N–H and O–H groups in total. The molecule has 0 spiro atoms. The van der Waals surface area contributed by atoms with Crippen LogP contribution in [-0.2, 0) is 6.42 Å². The molecule has 0 aliphatic rings. The Bertz CT molecular complexity index is 354. The highest BCUT2D eigenvalue weighted by molar-refractivity contribution is 5.42. The molecule has 1 unspecified atom stereocenters. The summed E-state index contributed by atoms with van der Waals surface area (Å²) >= 11 is 0. The molecule has 0 saturated heterocycles. The first-order valence-corrected chi connectivity index (χ1v) is 6.34. The molecule has 0 saturated carbocycles. The Kier molecular flexibility index (Phi) is 6.54. The molecule has 1 aromatic rings. The number of hydrogen-bond donors (Lipinski definition) is 2. The summed E-state index contributed by atoms with van der Waals surface area (Å²) in [5.41, 5.74) is 6.92. The van der Waals surface area contributed by atoms with Gasteiger partial charge in [0.2, 0.25) is 0 Å². The third kappa shape index (κ3) is 4.94. The molecule has 0 amide bonds. The van der Waals surface area contributed by atoms with Crippen molar-refractivity contribution in [2.24, 2.45) is 5.73 Å². The standard InChI is InChI=1S/C14H24N2O2/c1-11(15)6-8-16-9-7-12-4-5-13(17-2)14(10-12)18-3/h4-5,10-11,16H,6-9,15H2,1-3H3. The zero-order chi connectivity index (χ0) is 13.4. The predicted molar refractivity (Wildman–Crippen MR) is 74.4 cm³/mol. The fourth-order valence-electron chi connectivity index (χ4n) is 1.72. The fourth-order valence-corrected chi connectivity index (χ4v) is 1.72. The smallest absolute Gasteiger partial charge is 0.160 e. The lowest BCUT2D eigenvalue weighted by Gasteiger charge is -2.10. The van der Waals surface area contributed by atoms with Gasteiger partial charge < -0.3 is 20.5 Å². The van der Waals surface area contributed by atoms with Crippen LogP contribution in [0.2, 0.25) is 0 Å². The molecular weight excluding hydrogens is 228 g/mol. The zero-order valence-electron chi connectivity index (χ0n) is 11.5. The number of benzene rings is 1. The van der Waals surface area contributed by atoms with E-state index in [9.17, 15) is 0 Å². The summed E-state index contributed by atoms with van der Waals surface area (Å²) in [6.07, 6.45) is 1.98. The first-order chi connectivity index (χ1) is 8.67. The largest absolute Gasteiger partial charge is 0.493 e. The van der Waals surface area contributed by atoms with Crippen molar-refractivity contribution < 1.29 is 9.47 Å². The topological polar surface area (TPSA) is 56.5 Å². The number of ether oxygens (including phenoxy) is 2. The summed E-state index contributed by atoms with van der Waals surface area (Å²) in [5.74, 6) is 1.55. The van der Waals surface area contributed by atoms with E-state index in [0.29, 0.717) is 0 Å². The minimum Gasteiger partial charge on any atom is -0.493 e. The second-order valence-electron chi connectivity index (χ2n) is 4.46. The first-order valence-electron chi connectivity index (χ1n) is 6.34. The Morgan fingerprint density at radius 1 is 1.17 bits per heavy atom. The van der Waals surface area contributed by atoms with E-state index < -0.39 is 0 Å². The highest BCUT2D eigenvalue weighted by Gasteiger charge is 2.04. The first kappa shape index (κ1) is 14.8. The van der Waals surface area contributed by atoms with Gasteiger partial charge in [0.1, 0.15) is 0 Å². The van der Waals surface area contributed by atoms with Gasteiger partial charge in [0.25, 0.3) is 0 Å². The van der Waals surface area contributed by atoms with Crippen LogP contribution in [0.15, 0.2) is 18.2 Å². The zero-order valence-corrected chi connectivity index (χ0v) is 11.5. The monoisotopic (exact) mass is 252 g/mol. The molecule has 0 fully saturated rings. The SMILES string of the molecule is COc1ccc(CCNCCC(C)N)cc1OC. The second-order valence-corrected chi connectivity index (χ2v) is 4.46. The Morgan fingerprint density at radius 3 is 2.50 bits per heavy atom. The normalized spacial score (nSPS) is 12.2. The Morgan fingerprint density at radius 2 is 1.89 bits per heavy atom. The number of nitrogens with one attached hydrogen (secondary N) is 1. The minimum atomic E-state index is 0.263. The predicted octanol–water partition coefficient (Wildman–Crippen LogP) is 1.57. The molecular formula is C14H24N2O2. The van der Waals surface area contributed by atoms with Crippen molar-refractivity contribution in [2.45, 2.75) is 25.8 Å². The second kappa shape index (κ2) is 7.95. The van der Waals surface area contributed by atoms with Gasteiger partial charge in [-0.25, -0.2) is 0 Å². The van der Waals surface area contributed by atoms with Gasteiger partial charge in [0.15, 0.2) is 11.5 Å². The lowest BCUT2D eigenvalue weighted by atomic mass is 10.1. The van der Waals surface area contributed by atoms with Crippen molar-refractivity contribution in [2.75, 3.05) is 27.3 Å². The number of rotatable bonds is 8. The van der Waals surface area contributed by atoms with E-state index in [1.165, 1.54) is 5.56 Å². The number of nitrogens with two attached hydrogens (primary N) is 1. The van der Waals surface area contributed by atoms with Crippen LogP contribution in [0.5, 0.6) is 11.5 Å². The molecule has 4 heteroatoms. The maximum Gasteiger partial charge on any atom is 0.160 e. The summed E-state index contributed by atoms with van der Waals surface area (Å²) in [7, 11) is 3.30. The Labute approximate surface area is 109 Å². The quantitative estimate of drug-likeness (QED) is 0.690. The van der Waals surface area contributed by atoms with Crippen molar-refractivity contribution in [1.82, 2.24) is 5.32 Å². The van der Waals surface area contributed by atoms with E-state index in [4.69, 9.17) is 15.2 Å². The van der Waals surface area contributed by atoms with E-state index >= 15 is 0 Å². The van der Waals surface area contributed by atoms with Crippen LogP contribution < -0.4 is 20.5 Å². The van der Waals surface area contributed by atoms with Crippen LogP contribution in [0.3, 0.4) is 0 Å². The van der Waals surface area contributed by atoms with E-state index in [-0.39, 0.29) is 6.04 Å². The average Bonchev–Trinajstić information content (AvgIpc) is 2.37. The summed E-state index contributed by atoms with van der Waals surface area (Å²) in [6, 6.07) is 6.29. The molecule has 0 heterocycles. The van der Waals surface area contributed by atoms with Crippen LogP contribution in [0.4, 0.5) is 0 Å². The van der Waals surface area contributed by atoms with E-state index in [1.54, 1.807) is 14.2 Å². The molecule has 1 rings (SSSR count). The molecule has 4 nitrogen and oxygen atoms in total. The highest BCUT2D eigenvalue weighted by atomic mass is 16.5.